The Hall–Kier alpha value is -3.40. The van der Waals surface area contributed by atoms with Crippen molar-refractivity contribution in [3.05, 3.63) is 89.5 Å². The van der Waals surface area contributed by atoms with Gasteiger partial charge in [-0.1, -0.05) is 54.7 Å². The number of piperidine rings is 1. The number of fused-ring (bicyclic) bond motifs is 1. The molecule has 0 N–H and O–H groups in total. The van der Waals surface area contributed by atoms with Crippen molar-refractivity contribution >= 4 is 48.8 Å². The standard InChI is InChI=1S/C28H28N4O3S2/c1-20-10-15-25-26(17-20)36-28(30-25)32(29-18-22-8-4-3-5-9-22)27(33)23-11-13-24(14-12-23)37(34,35)31-16-6-7-21(2)19-31/h3-5,8-15,17-18,21H,6-7,16,19H2,1-2H3/b29-18+. The predicted molar refractivity (Wildman–Crippen MR) is 149 cm³/mol. The molecule has 5 rings (SSSR count). The Balaban J connectivity index is 1.46. The number of hydrogen-bond donors (Lipinski definition) is 0. The maximum absolute atomic E-state index is 13.6. The molecule has 0 saturated carbocycles. The smallest absolute Gasteiger partial charge is 0.267 e. The van der Waals surface area contributed by atoms with Crippen LogP contribution in [0.25, 0.3) is 10.2 Å². The van der Waals surface area contributed by atoms with E-state index >= 15 is 0 Å². The number of anilines is 1. The number of carbonyl (C=O) groups excluding carboxylic acids is 1. The molecular formula is C28H28N4O3S2. The Morgan fingerprint density at radius 1 is 1.11 bits per heavy atom. The van der Waals surface area contributed by atoms with Gasteiger partial charge in [0.15, 0.2) is 0 Å². The molecule has 0 bridgehead atoms. The fraction of sp³-hybridized carbons (Fsp3) is 0.250. The average Bonchev–Trinajstić information content (AvgIpc) is 3.32. The van der Waals surface area contributed by atoms with Crippen LogP contribution in [0.2, 0.25) is 0 Å². The fourth-order valence-electron chi connectivity index (χ4n) is 4.37. The van der Waals surface area contributed by atoms with Gasteiger partial charge < -0.3 is 0 Å². The number of aromatic nitrogens is 1. The molecule has 1 amide bonds. The minimum atomic E-state index is -3.61. The minimum absolute atomic E-state index is 0.188. The Kier molecular flexibility index (Phi) is 7.19. The largest absolute Gasteiger partial charge is 0.280 e. The highest BCUT2D eigenvalue weighted by Gasteiger charge is 2.29. The zero-order valence-corrected chi connectivity index (χ0v) is 22.4. The molecule has 1 atom stereocenters. The van der Waals surface area contributed by atoms with Crippen molar-refractivity contribution in [1.29, 1.82) is 0 Å². The van der Waals surface area contributed by atoms with E-state index in [2.05, 4.69) is 17.0 Å². The van der Waals surface area contributed by atoms with E-state index in [1.54, 1.807) is 18.3 Å². The van der Waals surface area contributed by atoms with Gasteiger partial charge in [-0.3, -0.25) is 4.79 Å². The van der Waals surface area contributed by atoms with Gasteiger partial charge in [0.25, 0.3) is 5.91 Å². The monoisotopic (exact) mass is 532 g/mol. The highest BCUT2D eigenvalue weighted by atomic mass is 32.2. The number of rotatable bonds is 6. The van der Waals surface area contributed by atoms with Gasteiger partial charge in [0.1, 0.15) is 0 Å². The Morgan fingerprint density at radius 2 is 1.86 bits per heavy atom. The van der Waals surface area contributed by atoms with E-state index in [0.717, 1.165) is 34.2 Å². The molecule has 2 heterocycles. The van der Waals surface area contributed by atoms with E-state index in [-0.39, 0.29) is 4.90 Å². The van der Waals surface area contributed by atoms with Gasteiger partial charge in [-0.15, -0.1) is 0 Å². The lowest BCUT2D eigenvalue weighted by Crippen LogP contribution is -2.39. The summed E-state index contributed by atoms with van der Waals surface area (Å²) in [4.78, 5) is 18.5. The summed E-state index contributed by atoms with van der Waals surface area (Å²) in [7, 11) is -3.61. The molecule has 190 valence electrons. The summed E-state index contributed by atoms with van der Waals surface area (Å²) >= 11 is 1.38. The summed E-state index contributed by atoms with van der Waals surface area (Å²) in [6.07, 6.45) is 3.50. The molecular weight excluding hydrogens is 504 g/mol. The predicted octanol–water partition coefficient (Wildman–Crippen LogP) is 5.71. The summed E-state index contributed by atoms with van der Waals surface area (Å²) in [5.41, 5.74) is 3.06. The third kappa shape index (κ3) is 5.49. The lowest BCUT2D eigenvalue weighted by atomic mass is 10.0. The molecule has 37 heavy (non-hydrogen) atoms. The van der Waals surface area contributed by atoms with Gasteiger partial charge in [0.05, 0.1) is 21.3 Å². The number of carbonyl (C=O) groups is 1. The minimum Gasteiger partial charge on any atom is -0.267 e. The number of benzene rings is 3. The molecule has 9 heteroatoms. The maximum Gasteiger partial charge on any atom is 0.280 e. The second kappa shape index (κ2) is 10.5. The van der Waals surface area contributed by atoms with E-state index in [1.807, 2.05) is 55.5 Å². The van der Waals surface area contributed by atoms with E-state index in [1.165, 1.54) is 32.8 Å². The molecule has 1 saturated heterocycles. The number of amides is 1. The zero-order valence-electron chi connectivity index (χ0n) is 20.7. The molecule has 3 aromatic carbocycles. The molecule has 1 fully saturated rings. The summed E-state index contributed by atoms with van der Waals surface area (Å²) in [5.74, 6) is -0.0588. The van der Waals surface area contributed by atoms with E-state index in [4.69, 9.17) is 0 Å². The van der Waals surface area contributed by atoms with Crippen LogP contribution in [-0.4, -0.2) is 42.9 Å². The van der Waals surface area contributed by atoms with Crippen LogP contribution in [0.15, 0.2) is 82.8 Å². The number of hydrazone groups is 1. The van der Waals surface area contributed by atoms with Crippen LogP contribution in [0.3, 0.4) is 0 Å². The molecule has 1 unspecified atom stereocenters. The fourth-order valence-corrected chi connectivity index (χ4v) is 6.99. The van der Waals surface area contributed by atoms with Gasteiger partial charge in [-0.2, -0.15) is 14.4 Å². The summed E-state index contributed by atoms with van der Waals surface area (Å²) < 4.78 is 28.8. The molecule has 0 radical (unpaired) electrons. The van der Waals surface area contributed by atoms with Crippen molar-refractivity contribution in [2.24, 2.45) is 11.0 Å². The summed E-state index contributed by atoms with van der Waals surface area (Å²) in [6.45, 7) is 5.11. The Bertz CT molecular complexity index is 1550. The normalized spacial score (nSPS) is 16.9. The lowest BCUT2D eigenvalue weighted by Gasteiger charge is -2.30. The van der Waals surface area contributed by atoms with Crippen molar-refractivity contribution in [1.82, 2.24) is 9.29 Å². The zero-order chi connectivity index (χ0) is 26.0. The van der Waals surface area contributed by atoms with Crippen molar-refractivity contribution in [2.45, 2.75) is 31.6 Å². The topological polar surface area (TPSA) is 82.9 Å². The Morgan fingerprint density at radius 3 is 2.59 bits per heavy atom. The number of thiazole rings is 1. The van der Waals surface area contributed by atoms with Crippen LogP contribution in [0.1, 0.15) is 41.3 Å². The van der Waals surface area contributed by atoms with Crippen molar-refractivity contribution in [3.8, 4) is 0 Å². The van der Waals surface area contributed by atoms with Gasteiger partial charge >= 0.3 is 0 Å². The quantitative estimate of drug-likeness (QED) is 0.235. The second-order valence-electron chi connectivity index (χ2n) is 9.37. The molecule has 4 aromatic rings. The first kappa shape index (κ1) is 25.3. The van der Waals surface area contributed by atoms with Crippen molar-refractivity contribution in [2.75, 3.05) is 18.1 Å². The number of aryl methyl sites for hydroxylation is 1. The van der Waals surface area contributed by atoms with Crippen LogP contribution in [0.4, 0.5) is 5.13 Å². The molecule has 0 spiro atoms. The first-order chi connectivity index (χ1) is 17.8. The SMILES string of the molecule is Cc1ccc2nc(N(/N=C/c3ccccc3)C(=O)c3ccc(S(=O)(=O)N4CCCC(C)C4)cc3)sc2c1. The van der Waals surface area contributed by atoms with Crippen LogP contribution in [0, 0.1) is 12.8 Å². The molecule has 1 aromatic heterocycles. The van der Waals surface area contributed by atoms with Crippen molar-refractivity contribution < 1.29 is 13.2 Å². The van der Waals surface area contributed by atoms with Gasteiger partial charge in [-0.05, 0) is 73.2 Å². The van der Waals surface area contributed by atoms with Crippen molar-refractivity contribution in [3.63, 3.8) is 0 Å². The van der Waals surface area contributed by atoms with E-state index in [9.17, 15) is 13.2 Å². The van der Waals surface area contributed by atoms with Crippen LogP contribution >= 0.6 is 11.3 Å². The number of hydrogen-bond acceptors (Lipinski definition) is 6. The lowest BCUT2D eigenvalue weighted by molar-refractivity contribution is 0.0987. The molecule has 7 nitrogen and oxygen atoms in total. The maximum atomic E-state index is 13.6. The first-order valence-electron chi connectivity index (χ1n) is 12.2. The van der Waals surface area contributed by atoms with Crippen LogP contribution in [-0.2, 0) is 10.0 Å². The number of sulfonamides is 1. The third-order valence-corrected chi connectivity index (χ3v) is 9.26. The van der Waals surface area contributed by atoms with E-state index in [0.29, 0.717) is 29.7 Å². The summed E-state index contributed by atoms with van der Waals surface area (Å²) in [6, 6.07) is 21.5. The van der Waals surface area contributed by atoms with Gasteiger partial charge in [0.2, 0.25) is 15.2 Å². The first-order valence-corrected chi connectivity index (χ1v) is 14.5. The second-order valence-corrected chi connectivity index (χ2v) is 12.3. The third-order valence-electron chi connectivity index (χ3n) is 6.39. The van der Waals surface area contributed by atoms with Crippen LogP contribution < -0.4 is 5.01 Å². The molecule has 1 aliphatic heterocycles. The number of nitrogens with zero attached hydrogens (tertiary/aromatic N) is 4. The molecule has 0 aliphatic carbocycles. The van der Waals surface area contributed by atoms with E-state index < -0.39 is 15.9 Å². The highest BCUT2D eigenvalue weighted by molar-refractivity contribution is 7.89. The average molecular weight is 533 g/mol. The van der Waals surface area contributed by atoms with Crippen LogP contribution in [0.5, 0.6) is 0 Å². The van der Waals surface area contributed by atoms with Gasteiger partial charge in [0, 0.05) is 18.7 Å². The van der Waals surface area contributed by atoms with Gasteiger partial charge in [-0.25, -0.2) is 13.4 Å². The summed E-state index contributed by atoms with van der Waals surface area (Å²) in [5, 5.41) is 6.21. The molecule has 1 aliphatic rings. The highest BCUT2D eigenvalue weighted by Crippen LogP contribution is 2.31. The Labute approximate surface area is 221 Å².